The molecule has 0 spiro atoms. The molecule has 1 aliphatic heterocycles. The molecular formula is C13H17N3O4. The van der Waals surface area contributed by atoms with Gasteiger partial charge in [0.25, 0.3) is 0 Å². The fourth-order valence-corrected chi connectivity index (χ4v) is 2.35. The van der Waals surface area contributed by atoms with Crippen molar-refractivity contribution in [2.45, 2.75) is 5.92 Å². The summed E-state index contributed by atoms with van der Waals surface area (Å²) in [6.45, 7) is 4.00. The fraction of sp³-hybridized carbons (Fsp3) is 0.462. The number of hydrogen-bond acceptors (Lipinski definition) is 4. The lowest BCUT2D eigenvalue weighted by molar-refractivity contribution is -0.141. The average molecular weight is 279 g/mol. The Morgan fingerprint density at radius 2 is 2.35 bits per heavy atom. The van der Waals surface area contributed by atoms with E-state index in [1.54, 1.807) is 17.1 Å². The minimum absolute atomic E-state index is 0.112. The summed E-state index contributed by atoms with van der Waals surface area (Å²) in [4.78, 5) is 28.7. The zero-order valence-corrected chi connectivity index (χ0v) is 11.2. The van der Waals surface area contributed by atoms with E-state index < -0.39 is 18.0 Å². The number of aryl methyl sites for hydroxylation is 1. The highest BCUT2D eigenvalue weighted by Crippen LogP contribution is 2.32. The maximum absolute atomic E-state index is 11.8. The third-order valence-corrected chi connectivity index (χ3v) is 3.32. The molecule has 0 unspecified atom stereocenters. The molecule has 1 fully saturated rings. The molecule has 7 heteroatoms. The largest absolute Gasteiger partial charge is 0.481 e. The number of hydrogen-bond donors (Lipinski definition) is 1. The van der Waals surface area contributed by atoms with Crippen molar-refractivity contribution in [3.05, 3.63) is 30.9 Å². The van der Waals surface area contributed by atoms with Crippen LogP contribution in [0.25, 0.3) is 0 Å². The smallest absolute Gasteiger partial charge is 0.410 e. The van der Waals surface area contributed by atoms with Crippen LogP contribution >= 0.6 is 0 Å². The maximum Gasteiger partial charge on any atom is 0.410 e. The van der Waals surface area contributed by atoms with Crippen molar-refractivity contribution >= 4 is 12.1 Å². The molecule has 20 heavy (non-hydrogen) atoms. The number of ether oxygens (including phenoxy) is 1. The lowest BCUT2D eigenvalue weighted by Gasteiger charge is -2.14. The van der Waals surface area contributed by atoms with Crippen molar-refractivity contribution in [2.75, 3.05) is 19.7 Å². The first kappa shape index (κ1) is 14.1. The molecule has 1 amide bonds. The van der Waals surface area contributed by atoms with Crippen LogP contribution in [-0.4, -0.2) is 51.3 Å². The van der Waals surface area contributed by atoms with Gasteiger partial charge in [0, 0.05) is 32.3 Å². The van der Waals surface area contributed by atoms with Gasteiger partial charge >= 0.3 is 12.1 Å². The predicted molar refractivity (Wildman–Crippen MR) is 70.2 cm³/mol. The molecule has 0 aromatic carbocycles. The van der Waals surface area contributed by atoms with Crippen molar-refractivity contribution in [1.82, 2.24) is 14.5 Å². The van der Waals surface area contributed by atoms with Crippen LogP contribution in [0.3, 0.4) is 0 Å². The van der Waals surface area contributed by atoms with E-state index in [0.717, 1.165) is 0 Å². The van der Waals surface area contributed by atoms with Gasteiger partial charge < -0.3 is 19.3 Å². The second-order valence-electron chi connectivity index (χ2n) is 4.79. The minimum Gasteiger partial charge on any atom is -0.481 e. The first-order valence-electron chi connectivity index (χ1n) is 6.26. The van der Waals surface area contributed by atoms with Crippen LogP contribution in [-0.2, 0) is 16.6 Å². The highest BCUT2D eigenvalue weighted by Gasteiger charge is 2.42. The molecule has 1 N–H and O–H groups in total. The summed E-state index contributed by atoms with van der Waals surface area (Å²) in [5.41, 5.74) is 0.680. The van der Waals surface area contributed by atoms with E-state index in [2.05, 4.69) is 11.6 Å². The van der Waals surface area contributed by atoms with Crippen LogP contribution in [0.2, 0.25) is 0 Å². The van der Waals surface area contributed by atoms with Gasteiger partial charge in [0.05, 0.1) is 17.9 Å². The Morgan fingerprint density at radius 1 is 1.60 bits per heavy atom. The van der Waals surface area contributed by atoms with Crippen molar-refractivity contribution < 1.29 is 19.4 Å². The molecule has 108 valence electrons. The Balaban J connectivity index is 2.13. The van der Waals surface area contributed by atoms with Gasteiger partial charge in [-0.15, -0.1) is 0 Å². The van der Waals surface area contributed by atoms with Crippen molar-refractivity contribution in [3.8, 4) is 0 Å². The summed E-state index contributed by atoms with van der Waals surface area (Å²) in [6.07, 6.45) is 4.35. The van der Waals surface area contributed by atoms with E-state index in [0.29, 0.717) is 12.2 Å². The SMILES string of the molecule is C=CCOC(=O)N1C[C@H](C(=O)O)[C@@H](c2cn(C)cn2)C1. The van der Waals surface area contributed by atoms with Crippen LogP contribution in [0.4, 0.5) is 4.79 Å². The first-order valence-corrected chi connectivity index (χ1v) is 6.26. The summed E-state index contributed by atoms with van der Waals surface area (Å²) in [7, 11) is 1.82. The quantitative estimate of drug-likeness (QED) is 0.826. The van der Waals surface area contributed by atoms with Crippen LogP contribution in [0, 0.1) is 5.92 Å². The van der Waals surface area contributed by atoms with E-state index in [1.165, 1.54) is 11.0 Å². The Bertz CT molecular complexity index is 525. The van der Waals surface area contributed by atoms with Gasteiger partial charge in [-0.3, -0.25) is 4.79 Å². The van der Waals surface area contributed by atoms with Crippen LogP contribution in [0.1, 0.15) is 11.6 Å². The lowest BCUT2D eigenvalue weighted by Crippen LogP contribution is -2.30. The maximum atomic E-state index is 11.8. The second-order valence-corrected chi connectivity index (χ2v) is 4.79. The summed E-state index contributed by atoms with van der Waals surface area (Å²) < 4.78 is 6.70. The second kappa shape index (κ2) is 5.77. The Labute approximate surface area is 116 Å². The topological polar surface area (TPSA) is 84.7 Å². The van der Waals surface area contributed by atoms with E-state index >= 15 is 0 Å². The molecule has 1 aliphatic rings. The third-order valence-electron chi connectivity index (χ3n) is 3.32. The molecule has 1 aromatic heterocycles. The monoisotopic (exact) mass is 279 g/mol. The number of carboxylic acids is 1. The van der Waals surface area contributed by atoms with Crippen molar-refractivity contribution in [2.24, 2.45) is 13.0 Å². The zero-order chi connectivity index (χ0) is 14.7. The first-order chi connectivity index (χ1) is 9.52. The van der Waals surface area contributed by atoms with Gasteiger partial charge in [-0.2, -0.15) is 0 Å². The van der Waals surface area contributed by atoms with Crippen LogP contribution in [0.15, 0.2) is 25.2 Å². The highest BCUT2D eigenvalue weighted by molar-refractivity contribution is 5.75. The van der Waals surface area contributed by atoms with E-state index in [-0.39, 0.29) is 19.1 Å². The van der Waals surface area contributed by atoms with Crippen molar-refractivity contribution in [3.63, 3.8) is 0 Å². The van der Waals surface area contributed by atoms with Gasteiger partial charge in [-0.05, 0) is 0 Å². The highest BCUT2D eigenvalue weighted by atomic mass is 16.6. The molecule has 0 aliphatic carbocycles. The normalized spacial score (nSPS) is 21.8. The molecule has 0 saturated carbocycles. The van der Waals surface area contributed by atoms with E-state index in [4.69, 9.17) is 4.74 Å². The number of aliphatic carboxylic acids is 1. The molecule has 7 nitrogen and oxygen atoms in total. The number of imidazole rings is 1. The van der Waals surface area contributed by atoms with Crippen molar-refractivity contribution in [1.29, 1.82) is 0 Å². The standard InChI is InChI=1S/C13H17N3O4/c1-3-4-20-13(19)16-5-9(10(6-16)12(17)18)11-7-15(2)8-14-11/h3,7-10H,1,4-6H2,2H3,(H,17,18)/t9-,10-/m0/s1. The number of carboxylic acid groups (broad SMARTS) is 1. The molecule has 0 radical (unpaired) electrons. The number of carbonyl (C=O) groups is 2. The van der Waals surface area contributed by atoms with Gasteiger partial charge in [-0.25, -0.2) is 9.78 Å². The van der Waals surface area contributed by atoms with Gasteiger partial charge in [0.15, 0.2) is 0 Å². The Kier molecular flexibility index (Phi) is 4.07. The Hall–Kier alpha value is -2.31. The number of rotatable bonds is 4. The third kappa shape index (κ3) is 2.81. The molecule has 1 saturated heterocycles. The van der Waals surface area contributed by atoms with Crippen LogP contribution in [0.5, 0.6) is 0 Å². The average Bonchev–Trinajstić information content (AvgIpc) is 3.01. The van der Waals surface area contributed by atoms with E-state index in [1.807, 2.05) is 7.05 Å². The van der Waals surface area contributed by atoms with Crippen LogP contribution < -0.4 is 0 Å². The summed E-state index contributed by atoms with van der Waals surface area (Å²) in [5.74, 6) is -1.91. The number of amides is 1. The zero-order valence-electron chi connectivity index (χ0n) is 11.2. The molecule has 0 bridgehead atoms. The number of carbonyl (C=O) groups excluding carboxylic acids is 1. The number of likely N-dealkylation sites (tertiary alicyclic amines) is 1. The van der Waals surface area contributed by atoms with Gasteiger partial charge in [0.2, 0.25) is 0 Å². The predicted octanol–water partition coefficient (Wildman–Crippen LogP) is 0.843. The molecule has 2 rings (SSSR count). The van der Waals surface area contributed by atoms with E-state index in [9.17, 15) is 14.7 Å². The molecule has 1 aromatic rings. The lowest BCUT2D eigenvalue weighted by atomic mass is 9.94. The molecule has 2 heterocycles. The fourth-order valence-electron chi connectivity index (χ4n) is 2.35. The number of aromatic nitrogens is 2. The number of nitrogens with zero attached hydrogens (tertiary/aromatic N) is 3. The minimum atomic E-state index is -0.931. The summed E-state index contributed by atoms with van der Waals surface area (Å²) >= 11 is 0. The van der Waals surface area contributed by atoms with Gasteiger partial charge in [0.1, 0.15) is 6.61 Å². The Morgan fingerprint density at radius 3 is 2.90 bits per heavy atom. The summed E-state index contributed by atoms with van der Waals surface area (Å²) in [6, 6.07) is 0. The summed E-state index contributed by atoms with van der Waals surface area (Å²) in [5, 5.41) is 9.30. The molecule has 2 atom stereocenters. The van der Waals surface area contributed by atoms with Gasteiger partial charge in [-0.1, -0.05) is 12.7 Å². The molecular weight excluding hydrogens is 262 g/mol.